The molecular formula is C17H16N2O3S. The maximum Gasteiger partial charge on any atom is 0.308 e. The van der Waals surface area contributed by atoms with Crippen molar-refractivity contribution in [1.82, 2.24) is 4.57 Å². The van der Waals surface area contributed by atoms with Gasteiger partial charge in [-0.3, -0.25) is 14.2 Å². The number of carbonyl (C=O) groups is 1. The van der Waals surface area contributed by atoms with Crippen LogP contribution >= 0.6 is 11.3 Å². The number of ether oxygens (including phenoxy) is 1. The van der Waals surface area contributed by atoms with Crippen LogP contribution in [0.3, 0.4) is 0 Å². The van der Waals surface area contributed by atoms with Gasteiger partial charge in [0.05, 0.1) is 22.5 Å². The van der Waals surface area contributed by atoms with Crippen LogP contribution in [0.2, 0.25) is 0 Å². The maximum atomic E-state index is 12.3. The van der Waals surface area contributed by atoms with Crippen molar-refractivity contribution in [3.63, 3.8) is 0 Å². The van der Waals surface area contributed by atoms with Crippen LogP contribution in [0.5, 0.6) is 5.75 Å². The topological polar surface area (TPSA) is 60.3 Å². The van der Waals surface area contributed by atoms with Crippen LogP contribution in [-0.4, -0.2) is 17.1 Å². The van der Waals surface area contributed by atoms with Gasteiger partial charge in [0.1, 0.15) is 12.3 Å². The summed E-state index contributed by atoms with van der Waals surface area (Å²) in [6, 6.07) is 14.7. The Morgan fingerprint density at radius 2 is 1.91 bits per heavy atom. The SMILES string of the molecule is CCOc1ccccc1NC(=O)Cn1c(=O)sc2ccccc21. The van der Waals surface area contributed by atoms with Crippen LogP contribution in [0, 0.1) is 0 Å². The first-order valence-corrected chi connectivity index (χ1v) is 8.10. The van der Waals surface area contributed by atoms with Gasteiger partial charge in [-0.05, 0) is 31.2 Å². The van der Waals surface area contributed by atoms with E-state index in [1.807, 2.05) is 43.3 Å². The van der Waals surface area contributed by atoms with Crippen LogP contribution < -0.4 is 14.9 Å². The predicted molar refractivity (Wildman–Crippen MR) is 92.3 cm³/mol. The Hall–Kier alpha value is -2.60. The fraction of sp³-hybridized carbons (Fsp3) is 0.176. The molecule has 0 saturated carbocycles. The summed E-state index contributed by atoms with van der Waals surface area (Å²) in [4.78, 5) is 24.2. The summed E-state index contributed by atoms with van der Waals surface area (Å²) >= 11 is 1.14. The second-order valence-electron chi connectivity index (χ2n) is 4.90. The van der Waals surface area contributed by atoms with E-state index in [1.165, 1.54) is 4.57 Å². The van der Waals surface area contributed by atoms with Crippen molar-refractivity contribution in [1.29, 1.82) is 0 Å². The van der Waals surface area contributed by atoms with Gasteiger partial charge in [-0.2, -0.15) is 0 Å². The van der Waals surface area contributed by atoms with Gasteiger partial charge in [0, 0.05) is 0 Å². The van der Waals surface area contributed by atoms with E-state index in [0.29, 0.717) is 18.0 Å². The number of amides is 1. The predicted octanol–water partition coefficient (Wildman–Crippen LogP) is 3.10. The number of anilines is 1. The molecule has 0 radical (unpaired) electrons. The summed E-state index contributed by atoms with van der Waals surface area (Å²) in [6.07, 6.45) is 0. The first-order valence-electron chi connectivity index (χ1n) is 7.29. The van der Waals surface area contributed by atoms with Crippen molar-refractivity contribution in [3.8, 4) is 5.75 Å². The number of para-hydroxylation sites is 3. The minimum Gasteiger partial charge on any atom is -0.492 e. The number of fused-ring (bicyclic) bond motifs is 1. The Kier molecular flexibility index (Phi) is 4.43. The lowest BCUT2D eigenvalue weighted by molar-refractivity contribution is -0.116. The van der Waals surface area contributed by atoms with Crippen molar-refractivity contribution in [2.24, 2.45) is 0 Å². The molecule has 118 valence electrons. The Morgan fingerprint density at radius 3 is 2.74 bits per heavy atom. The molecule has 0 spiro atoms. The quantitative estimate of drug-likeness (QED) is 0.783. The monoisotopic (exact) mass is 328 g/mol. The van der Waals surface area contributed by atoms with E-state index in [0.717, 1.165) is 21.6 Å². The molecule has 0 fully saturated rings. The molecule has 0 aliphatic carbocycles. The third kappa shape index (κ3) is 3.27. The van der Waals surface area contributed by atoms with Crippen molar-refractivity contribution >= 4 is 33.1 Å². The van der Waals surface area contributed by atoms with Crippen LogP contribution in [0.25, 0.3) is 10.2 Å². The van der Waals surface area contributed by atoms with Gasteiger partial charge in [0.2, 0.25) is 5.91 Å². The molecule has 1 aromatic heterocycles. The highest BCUT2D eigenvalue weighted by Crippen LogP contribution is 2.24. The molecule has 5 nitrogen and oxygen atoms in total. The number of nitrogens with one attached hydrogen (secondary N) is 1. The zero-order valence-electron chi connectivity index (χ0n) is 12.6. The molecule has 0 saturated heterocycles. The molecule has 1 amide bonds. The van der Waals surface area contributed by atoms with E-state index in [2.05, 4.69) is 5.32 Å². The highest BCUT2D eigenvalue weighted by atomic mass is 32.1. The number of nitrogens with zero attached hydrogens (tertiary/aromatic N) is 1. The fourth-order valence-corrected chi connectivity index (χ4v) is 3.24. The molecule has 0 atom stereocenters. The second-order valence-corrected chi connectivity index (χ2v) is 5.89. The molecule has 0 aliphatic rings. The molecule has 0 aliphatic heterocycles. The second kappa shape index (κ2) is 6.66. The van der Waals surface area contributed by atoms with E-state index < -0.39 is 0 Å². The number of hydrogen-bond acceptors (Lipinski definition) is 4. The number of carbonyl (C=O) groups excluding carboxylic acids is 1. The molecule has 1 heterocycles. The van der Waals surface area contributed by atoms with E-state index in [1.54, 1.807) is 12.1 Å². The maximum absolute atomic E-state index is 12.3. The van der Waals surface area contributed by atoms with Crippen LogP contribution in [0.15, 0.2) is 53.3 Å². The van der Waals surface area contributed by atoms with Crippen LogP contribution in [0.4, 0.5) is 5.69 Å². The van der Waals surface area contributed by atoms with Gasteiger partial charge in [-0.15, -0.1) is 0 Å². The van der Waals surface area contributed by atoms with E-state index >= 15 is 0 Å². The zero-order valence-corrected chi connectivity index (χ0v) is 13.4. The summed E-state index contributed by atoms with van der Waals surface area (Å²) in [5.74, 6) is 0.355. The van der Waals surface area contributed by atoms with Crippen LogP contribution in [0.1, 0.15) is 6.92 Å². The Labute approximate surface area is 137 Å². The molecule has 3 aromatic rings. The molecule has 0 unspecified atom stereocenters. The third-order valence-corrected chi connectivity index (χ3v) is 4.30. The first kappa shape index (κ1) is 15.3. The van der Waals surface area contributed by atoms with Gasteiger partial charge < -0.3 is 10.1 Å². The van der Waals surface area contributed by atoms with Gasteiger partial charge >= 0.3 is 4.87 Å². The molecular weight excluding hydrogens is 312 g/mol. The highest BCUT2D eigenvalue weighted by Gasteiger charge is 2.12. The smallest absolute Gasteiger partial charge is 0.308 e. The average molecular weight is 328 g/mol. The van der Waals surface area contributed by atoms with E-state index in [-0.39, 0.29) is 17.3 Å². The minimum atomic E-state index is -0.261. The van der Waals surface area contributed by atoms with Crippen molar-refractivity contribution < 1.29 is 9.53 Å². The summed E-state index contributed by atoms with van der Waals surface area (Å²) in [6.45, 7) is 2.38. The lowest BCUT2D eigenvalue weighted by Crippen LogP contribution is -2.24. The lowest BCUT2D eigenvalue weighted by atomic mass is 10.3. The lowest BCUT2D eigenvalue weighted by Gasteiger charge is -2.11. The molecule has 2 aromatic carbocycles. The molecule has 23 heavy (non-hydrogen) atoms. The first-order chi connectivity index (χ1) is 11.2. The number of thiazole rings is 1. The Balaban J connectivity index is 1.82. The third-order valence-electron chi connectivity index (χ3n) is 3.34. The number of aromatic nitrogens is 1. The van der Waals surface area contributed by atoms with Crippen molar-refractivity contribution in [2.45, 2.75) is 13.5 Å². The normalized spacial score (nSPS) is 10.7. The highest BCUT2D eigenvalue weighted by molar-refractivity contribution is 7.16. The largest absolute Gasteiger partial charge is 0.492 e. The van der Waals surface area contributed by atoms with Crippen molar-refractivity contribution in [2.75, 3.05) is 11.9 Å². The molecule has 3 rings (SSSR count). The fourth-order valence-electron chi connectivity index (χ4n) is 2.35. The molecule has 1 N–H and O–H groups in total. The number of hydrogen-bond donors (Lipinski definition) is 1. The van der Waals surface area contributed by atoms with Gasteiger partial charge in [0.15, 0.2) is 0 Å². The van der Waals surface area contributed by atoms with Gasteiger partial charge in [0.25, 0.3) is 0 Å². The minimum absolute atomic E-state index is 0.0245. The summed E-state index contributed by atoms with van der Waals surface area (Å²) in [5, 5.41) is 2.81. The standard InChI is InChI=1S/C17H16N2O3S/c1-2-22-14-9-5-3-7-12(14)18-16(20)11-19-13-8-4-6-10-15(13)23-17(19)21/h3-10H,2,11H2,1H3,(H,18,20). The average Bonchev–Trinajstić information content (AvgIpc) is 2.85. The van der Waals surface area contributed by atoms with Gasteiger partial charge in [-0.1, -0.05) is 35.6 Å². The van der Waals surface area contributed by atoms with E-state index in [9.17, 15) is 9.59 Å². The number of rotatable bonds is 5. The summed E-state index contributed by atoms with van der Waals surface area (Å²) in [7, 11) is 0. The van der Waals surface area contributed by atoms with Crippen LogP contribution in [-0.2, 0) is 11.3 Å². The summed E-state index contributed by atoms with van der Waals surface area (Å²) in [5.41, 5.74) is 1.38. The zero-order chi connectivity index (χ0) is 16.2. The molecule has 6 heteroatoms. The van der Waals surface area contributed by atoms with Gasteiger partial charge in [-0.25, -0.2) is 0 Å². The van der Waals surface area contributed by atoms with E-state index in [4.69, 9.17) is 4.74 Å². The van der Waals surface area contributed by atoms with Crippen molar-refractivity contribution in [3.05, 3.63) is 58.2 Å². The number of benzene rings is 2. The Bertz CT molecular complexity index is 898. The Morgan fingerprint density at radius 1 is 1.17 bits per heavy atom. The summed E-state index contributed by atoms with van der Waals surface area (Å²) < 4.78 is 7.85. The molecule has 0 bridgehead atoms.